The summed E-state index contributed by atoms with van der Waals surface area (Å²) in [6.45, 7) is 3.58. The highest BCUT2D eigenvalue weighted by Gasteiger charge is 2.20. The summed E-state index contributed by atoms with van der Waals surface area (Å²) in [6, 6.07) is 12.5. The minimum atomic E-state index is 0.542. The van der Waals surface area contributed by atoms with E-state index in [1.54, 1.807) is 6.20 Å². The molecule has 0 radical (unpaired) electrons. The van der Waals surface area contributed by atoms with Crippen molar-refractivity contribution in [3.8, 4) is 6.07 Å². The van der Waals surface area contributed by atoms with Gasteiger partial charge in [-0.25, -0.2) is 9.97 Å². The molecular formula is C15H15N5. The summed E-state index contributed by atoms with van der Waals surface area (Å²) in [7, 11) is 0. The van der Waals surface area contributed by atoms with Crippen LogP contribution in [-0.4, -0.2) is 36.1 Å². The van der Waals surface area contributed by atoms with E-state index >= 15 is 0 Å². The third kappa shape index (κ3) is 2.41. The third-order valence-corrected chi connectivity index (χ3v) is 3.51. The summed E-state index contributed by atoms with van der Waals surface area (Å²) in [6.07, 6.45) is 3.08. The number of aromatic nitrogens is 2. The van der Waals surface area contributed by atoms with E-state index in [2.05, 4.69) is 50.1 Å². The van der Waals surface area contributed by atoms with E-state index in [9.17, 15) is 0 Å². The van der Waals surface area contributed by atoms with Gasteiger partial charge in [-0.1, -0.05) is 18.2 Å². The molecule has 1 aromatic heterocycles. The maximum Gasteiger partial charge on any atom is 0.150 e. The zero-order valence-electron chi connectivity index (χ0n) is 11.1. The molecule has 0 aliphatic carbocycles. The average molecular weight is 265 g/mol. The number of anilines is 2. The molecule has 0 bridgehead atoms. The summed E-state index contributed by atoms with van der Waals surface area (Å²) in [5.74, 6) is 0.746. The van der Waals surface area contributed by atoms with Gasteiger partial charge in [-0.05, 0) is 12.1 Å². The molecule has 0 N–H and O–H groups in total. The van der Waals surface area contributed by atoms with E-state index in [4.69, 9.17) is 5.26 Å². The number of benzene rings is 1. The minimum Gasteiger partial charge on any atom is -0.368 e. The van der Waals surface area contributed by atoms with Gasteiger partial charge in [-0.3, -0.25) is 0 Å². The second-order valence-corrected chi connectivity index (χ2v) is 4.68. The predicted molar refractivity (Wildman–Crippen MR) is 77.6 cm³/mol. The van der Waals surface area contributed by atoms with Gasteiger partial charge < -0.3 is 9.80 Å². The standard InChI is InChI=1S/C15H15N5/c16-10-13-11-17-12-18-15(13)20-8-6-19(7-9-20)14-4-2-1-3-5-14/h1-5,11-12H,6-9H2. The molecule has 1 aromatic carbocycles. The second kappa shape index (κ2) is 5.57. The van der Waals surface area contributed by atoms with Crippen LogP contribution in [0.4, 0.5) is 11.5 Å². The molecule has 0 spiro atoms. The van der Waals surface area contributed by atoms with Crippen LogP contribution in [0.2, 0.25) is 0 Å². The number of piperazine rings is 1. The lowest BCUT2D eigenvalue weighted by atomic mass is 10.2. The van der Waals surface area contributed by atoms with E-state index in [-0.39, 0.29) is 0 Å². The number of rotatable bonds is 2. The van der Waals surface area contributed by atoms with Gasteiger partial charge in [0.05, 0.1) is 6.20 Å². The first-order valence-corrected chi connectivity index (χ1v) is 6.63. The molecule has 1 aliphatic rings. The van der Waals surface area contributed by atoms with Gasteiger partial charge in [-0.15, -0.1) is 0 Å². The Morgan fingerprint density at radius 2 is 1.70 bits per heavy atom. The first-order valence-electron chi connectivity index (χ1n) is 6.63. The first kappa shape index (κ1) is 12.4. The molecule has 5 heteroatoms. The van der Waals surface area contributed by atoms with Crippen LogP contribution >= 0.6 is 0 Å². The topological polar surface area (TPSA) is 56.1 Å². The van der Waals surface area contributed by atoms with Crippen molar-refractivity contribution in [3.05, 3.63) is 48.4 Å². The number of hydrogen-bond acceptors (Lipinski definition) is 5. The Hall–Kier alpha value is -2.61. The van der Waals surface area contributed by atoms with Crippen molar-refractivity contribution in [1.82, 2.24) is 9.97 Å². The summed E-state index contributed by atoms with van der Waals surface area (Å²) < 4.78 is 0. The van der Waals surface area contributed by atoms with Crippen LogP contribution in [0.15, 0.2) is 42.9 Å². The Labute approximate surface area is 118 Å². The highest BCUT2D eigenvalue weighted by atomic mass is 15.3. The molecule has 3 rings (SSSR count). The molecule has 100 valence electrons. The van der Waals surface area contributed by atoms with Gasteiger partial charge in [0.2, 0.25) is 0 Å². The van der Waals surface area contributed by atoms with Gasteiger partial charge >= 0.3 is 0 Å². The molecule has 1 saturated heterocycles. The summed E-state index contributed by atoms with van der Waals surface area (Å²) in [5.41, 5.74) is 1.79. The van der Waals surface area contributed by atoms with E-state index in [0.29, 0.717) is 5.56 Å². The van der Waals surface area contributed by atoms with Crippen molar-refractivity contribution in [2.75, 3.05) is 36.0 Å². The first-order chi connectivity index (χ1) is 9.88. The molecule has 0 unspecified atom stereocenters. The highest BCUT2D eigenvalue weighted by Crippen LogP contribution is 2.20. The smallest absolute Gasteiger partial charge is 0.150 e. The van der Waals surface area contributed by atoms with Crippen LogP contribution < -0.4 is 9.80 Å². The Kier molecular flexibility index (Phi) is 3.46. The minimum absolute atomic E-state index is 0.542. The summed E-state index contributed by atoms with van der Waals surface area (Å²) in [5, 5.41) is 9.11. The lowest BCUT2D eigenvalue weighted by Gasteiger charge is -2.36. The normalized spacial score (nSPS) is 14.9. The molecule has 1 aliphatic heterocycles. The molecule has 5 nitrogen and oxygen atoms in total. The van der Waals surface area contributed by atoms with Gasteiger partial charge in [-0.2, -0.15) is 5.26 Å². The van der Waals surface area contributed by atoms with Crippen molar-refractivity contribution >= 4 is 11.5 Å². The summed E-state index contributed by atoms with van der Waals surface area (Å²) in [4.78, 5) is 12.7. The molecular weight excluding hydrogens is 250 g/mol. The van der Waals surface area contributed by atoms with Gasteiger partial charge in [0.15, 0.2) is 0 Å². The maximum atomic E-state index is 9.11. The average Bonchev–Trinajstić information content (AvgIpc) is 2.56. The lowest BCUT2D eigenvalue weighted by molar-refractivity contribution is 0.646. The van der Waals surface area contributed by atoms with Crippen LogP contribution in [0.1, 0.15) is 5.56 Å². The van der Waals surface area contributed by atoms with Crippen molar-refractivity contribution < 1.29 is 0 Å². The molecule has 2 heterocycles. The second-order valence-electron chi connectivity index (χ2n) is 4.68. The fraction of sp³-hybridized carbons (Fsp3) is 0.267. The fourth-order valence-corrected chi connectivity index (χ4v) is 2.47. The van der Waals surface area contributed by atoms with Crippen LogP contribution in [-0.2, 0) is 0 Å². The molecule has 0 saturated carbocycles. The third-order valence-electron chi connectivity index (χ3n) is 3.51. The Morgan fingerprint density at radius 1 is 1.00 bits per heavy atom. The van der Waals surface area contributed by atoms with Crippen molar-refractivity contribution in [1.29, 1.82) is 5.26 Å². The fourth-order valence-electron chi connectivity index (χ4n) is 2.47. The van der Waals surface area contributed by atoms with E-state index in [0.717, 1.165) is 32.0 Å². The van der Waals surface area contributed by atoms with Crippen molar-refractivity contribution in [3.63, 3.8) is 0 Å². The van der Waals surface area contributed by atoms with Gasteiger partial charge in [0.25, 0.3) is 0 Å². The van der Waals surface area contributed by atoms with E-state index < -0.39 is 0 Å². The Bertz CT molecular complexity index is 612. The monoisotopic (exact) mass is 265 g/mol. The number of nitriles is 1. The van der Waals surface area contributed by atoms with Crippen molar-refractivity contribution in [2.45, 2.75) is 0 Å². The molecule has 1 fully saturated rings. The van der Waals surface area contributed by atoms with Crippen LogP contribution in [0.5, 0.6) is 0 Å². The lowest BCUT2D eigenvalue weighted by Crippen LogP contribution is -2.47. The zero-order valence-corrected chi connectivity index (χ0v) is 11.1. The predicted octanol–water partition coefficient (Wildman–Crippen LogP) is 1.67. The van der Waals surface area contributed by atoms with Gasteiger partial charge in [0, 0.05) is 31.9 Å². The molecule has 0 atom stereocenters. The number of hydrogen-bond donors (Lipinski definition) is 0. The van der Waals surface area contributed by atoms with Crippen LogP contribution in [0.25, 0.3) is 0 Å². The number of para-hydroxylation sites is 1. The quantitative estimate of drug-likeness (QED) is 0.826. The van der Waals surface area contributed by atoms with Crippen LogP contribution in [0, 0.1) is 11.3 Å². The van der Waals surface area contributed by atoms with Gasteiger partial charge in [0.1, 0.15) is 23.8 Å². The molecule has 2 aromatic rings. The van der Waals surface area contributed by atoms with E-state index in [1.165, 1.54) is 12.0 Å². The molecule has 0 amide bonds. The SMILES string of the molecule is N#Cc1cncnc1N1CCN(c2ccccc2)CC1. The summed E-state index contributed by atoms with van der Waals surface area (Å²) >= 11 is 0. The number of nitrogens with zero attached hydrogens (tertiary/aromatic N) is 5. The van der Waals surface area contributed by atoms with Crippen LogP contribution in [0.3, 0.4) is 0 Å². The Balaban J connectivity index is 1.72. The Morgan fingerprint density at radius 3 is 2.40 bits per heavy atom. The molecule has 20 heavy (non-hydrogen) atoms. The van der Waals surface area contributed by atoms with E-state index in [1.807, 2.05) is 6.07 Å². The largest absolute Gasteiger partial charge is 0.368 e. The maximum absolute atomic E-state index is 9.11. The highest BCUT2D eigenvalue weighted by molar-refractivity contribution is 5.54. The van der Waals surface area contributed by atoms with Crippen molar-refractivity contribution in [2.24, 2.45) is 0 Å². The zero-order chi connectivity index (χ0) is 13.8.